The predicted molar refractivity (Wildman–Crippen MR) is 59.0 cm³/mol. The highest BCUT2D eigenvalue weighted by Gasteiger charge is 2.22. The smallest absolute Gasteiger partial charge is 0.242 e. The van der Waals surface area contributed by atoms with Gasteiger partial charge in [-0.3, -0.25) is 10.2 Å². The number of likely N-dealkylation sites (tertiary alicyclic amines) is 2. The summed E-state index contributed by atoms with van der Waals surface area (Å²) in [5.41, 5.74) is 0. The summed E-state index contributed by atoms with van der Waals surface area (Å²) in [7, 11) is 0. The molecule has 2 fully saturated rings. The molecule has 2 saturated heterocycles. The minimum atomic E-state index is 0.208. The minimum Gasteiger partial charge on any atom is -0.351 e. The highest BCUT2D eigenvalue weighted by molar-refractivity contribution is 5.86. The van der Waals surface area contributed by atoms with Crippen molar-refractivity contribution in [3.05, 3.63) is 0 Å². The molecule has 84 valence electrons. The lowest BCUT2D eigenvalue weighted by Gasteiger charge is -2.30. The minimum absolute atomic E-state index is 0.208. The molecule has 1 amide bonds. The Morgan fingerprint density at radius 2 is 1.80 bits per heavy atom. The van der Waals surface area contributed by atoms with Gasteiger partial charge in [-0.05, 0) is 25.7 Å². The molecular formula is C11H19N3O. The third-order valence-corrected chi connectivity index (χ3v) is 3.26. The second-order valence-corrected chi connectivity index (χ2v) is 4.41. The zero-order valence-corrected chi connectivity index (χ0v) is 9.17. The van der Waals surface area contributed by atoms with Crippen molar-refractivity contribution in [3.63, 3.8) is 0 Å². The van der Waals surface area contributed by atoms with E-state index in [0.29, 0.717) is 12.4 Å². The van der Waals surface area contributed by atoms with Crippen molar-refractivity contribution in [2.45, 2.75) is 32.1 Å². The predicted octanol–water partition coefficient (Wildman–Crippen LogP) is 1.07. The molecule has 2 aliphatic rings. The SMILES string of the molecule is N=C1CCCCN1CC(=O)N1CCCC1. The molecule has 1 N–H and O–H groups in total. The number of nitrogens with one attached hydrogen (secondary N) is 1. The van der Waals surface area contributed by atoms with Gasteiger partial charge < -0.3 is 9.80 Å². The van der Waals surface area contributed by atoms with Crippen molar-refractivity contribution in [2.24, 2.45) is 0 Å². The molecule has 4 heteroatoms. The van der Waals surface area contributed by atoms with Crippen LogP contribution in [0.5, 0.6) is 0 Å². The number of carbonyl (C=O) groups excluding carboxylic acids is 1. The van der Waals surface area contributed by atoms with Gasteiger partial charge in [-0.1, -0.05) is 0 Å². The van der Waals surface area contributed by atoms with Gasteiger partial charge in [0, 0.05) is 26.1 Å². The fourth-order valence-corrected chi connectivity index (χ4v) is 2.29. The third-order valence-electron chi connectivity index (χ3n) is 3.26. The van der Waals surface area contributed by atoms with E-state index in [1.807, 2.05) is 9.80 Å². The highest BCUT2D eigenvalue weighted by atomic mass is 16.2. The van der Waals surface area contributed by atoms with Crippen LogP contribution in [0, 0.1) is 5.41 Å². The standard InChI is InChI=1S/C11H19N3O/c12-10-5-1-2-8-14(10)9-11(15)13-6-3-4-7-13/h12H,1-9H2. The molecule has 2 heterocycles. The Morgan fingerprint density at radius 1 is 1.13 bits per heavy atom. The molecule has 0 unspecified atom stereocenters. The van der Waals surface area contributed by atoms with Gasteiger partial charge in [-0.15, -0.1) is 0 Å². The average molecular weight is 209 g/mol. The summed E-state index contributed by atoms with van der Waals surface area (Å²) < 4.78 is 0. The summed E-state index contributed by atoms with van der Waals surface area (Å²) in [6.45, 7) is 3.15. The Labute approximate surface area is 90.7 Å². The number of amidine groups is 1. The van der Waals surface area contributed by atoms with Gasteiger partial charge in [0.1, 0.15) is 0 Å². The van der Waals surface area contributed by atoms with Gasteiger partial charge in [-0.2, -0.15) is 0 Å². The van der Waals surface area contributed by atoms with Gasteiger partial charge in [0.15, 0.2) is 0 Å². The zero-order valence-electron chi connectivity index (χ0n) is 9.17. The van der Waals surface area contributed by atoms with E-state index < -0.39 is 0 Å². The van der Waals surface area contributed by atoms with Crippen LogP contribution in [0.4, 0.5) is 0 Å². The van der Waals surface area contributed by atoms with Crippen LogP contribution >= 0.6 is 0 Å². The van der Waals surface area contributed by atoms with Gasteiger partial charge in [0.2, 0.25) is 5.91 Å². The van der Waals surface area contributed by atoms with E-state index in [0.717, 1.165) is 51.7 Å². The molecule has 4 nitrogen and oxygen atoms in total. The van der Waals surface area contributed by atoms with Gasteiger partial charge in [0.05, 0.1) is 12.4 Å². The summed E-state index contributed by atoms with van der Waals surface area (Å²) in [5, 5.41) is 7.77. The second kappa shape index (κ2) is 4.64. The van der Waals surface area contributed by atoms with E-state index in [9.17, 15) is 4.79 Å². The summed E-state index contributed by atoms with van der Waals surface area (Å²) in [6, 6.07) is 0. The van der Waals surface area contributed by atoms with Crippen LogP contribution < -0.4 is 0 Å². The topological polar surface area (TPSA) is 47.4 Å². The van der Waals surface area contributed by atoms with Crippen LogP contribution in [0.3, 0.4) is 0 Å². The molecule has 2 aliphatic heterocycles. The van der Waals surface area contributed by atoms with Crippen LogP contribution in [0.2, 0.25) is 0 Å². The molecule has 0 radical (unpaired) electrons. The summed E-state index contributed by atoms with van der Waals surface area (Å²) in [5.74, 6) is 0.855. The molecule has 0 aliphatic carbocycles. The lowest BCUT2D eigenvalue weighted by atomic mass is 10.1. The van der Waals surface area contributed by atoms with E-state index >= 15 is 0 Å². The van der Waals surface area contributed by atoms with Gasteiger partial charge in [0.25, 0.3) is 0 Å². The van der Waals surface area contributed by atoms with Crippen LogP contribution in [0.25, 0.3) is 0 Å². The molecule has 0 saturated carbocycles. The monoisotopic (exact) mass is 209 g/mol. The molecule has 0 spiro atoms. The first-order chi connectivity index (χ1) is 7.27. The van der Waals surface area contributed by atoms with Crippen molar-refractivity contribution in [3.8, 4) is 0 Å². The number of hydrogen-bond acceptors (Lipinski definition) is 2. The largest absolute Gasteiger partial charge is 0.351 e. The Hall–Kier alpha value is -1.06. The summed E-state index contributed by atoms with van der Waals surface area (Å²) in [6.07, 6.45) is 5.35. The molecule has 0 aromatic heterocycles. The lowest BCUT2D eigenvalue weighted by Crippen LogP contribution is -2.43. The number of amides is 1. The van der Waals surface area contributed by atoms with Crippen molar-refractivity contribution in [1.82, 2.24) is 9.80 Å². The second-order valence-electron chi connectivity index (χ2n) is 4.41. The Kier molecular flexibility index (Phi) is 3.23. The number of nitrogens with zero attached hydrogens (tertiary/aromatic N) is 2. The fourth-order valence-electron chi connectivity index (χ4n) is 2.29. The first kappa shape index (κ1) is 10.5. The van der Waals surface area contributed by atoms with Gasteiger partial charge in [-0.25, -0.2) is 0 Å². The van der Waals surface area contributed by atoms with Crippen molar-refractivity contribution in [2.75, 3.05) is 26.2 Å². The first-order valence-electron chi connectivity index (χ1n) is 5.87. The Morgan fingerprint density at radius 3 is 2.47 bits per heavy atom. The normalized spacial score (nSPS) is 22.3. The Balaban J connectivity index is 1.84. The zero-order chi connectivity index (χ0) is 10.7. The lowest BCUT2D eigenvalue weighted by molar-refractivity contribution is -0.130. The van der Waals surface area contributed by atoms with E-state index in [-0.39, 0.29) is 5.91 Å². The van der Waals surface area contributed by atoms with Crippen LogP contribution in [0.15, 0.2) is 0 Å². The number of piperidine rings is 1. The number of carbonyl (C=O) groups is 1. The molecule has 0 aromatic rings. The molecule has 0 bridgehead atoms. The van der Waals surface area contributed by atoms with Crippen LogP contribution in [0.1, 0.15) is 32.1 Å². The number of hydrogen-bond donors (Lipinski definition) is 1. The summed E-state index contributed by atoms with van der Waals surface area (Å²) >= 11 is 0. The first-order valence-corrected chi connectivity index (χ1v) is 5.87. The molecule has 15 heavy (non-hydrogen) atoms. The third kappa shape index (κ3) is 2.49. The van der Waals surface area contributed by atoms with E-state index in [4.69, 9.17) is 5.41 Å². The molecule has 0 aromatic carbocycles. The maximum absolute atomic E-state index is 11.8. The fraction of sp³-hybridized carbons (Fsp3) is 0.818. The summed E-state index contributed by atoms with van der Waals surface area (Å²) in [4.78, 5) is 15.7. The maximum atomic E-state index is 11.8. The van der Waals surface area contributed by atoms with Crippen LogP contribution in [-0.4, -0.2) is 47.7 Å². The Bertz CT molecular complexity index is 259. The van der Waals surface area contributed by atoms with E-state index in [2.05, 4.69) is 0 Å². The van der Waals surface area contributed by atoms with E-state index in [1.54, 1.807) is 0 Å². The molecular weight excluding hydrogens is 190 g/mol. The maximum Gasteiger partial charge on any atom is 0.242 e. The quantitative estimate of drug-likeness (QED) is 0.739. The number of rotatable bonds is 2. The van der Waals surface area contributed by atoms with Crippen molar-refractivity contribution >= 4 is 11.7 Å². The molecule has 2 rings (SSSR count). The van der Waals surface area contributed by atoms with Crippen molar-refractivity contribution < 1.29 is 4.79 Å². The van der Waals surface area contributed by atoms with Crippen LogP contribution in [-0.2, 0) is 4.79 Å². The molecule has 0 atom stereocenters. The van der Waals surface area contributed by atoms with Crippen molar-refractivity contribution in [1.29, 1.82) is 5.41 Å². The average Bonchev–Trinajstić information content (AvgIpc) is 2.74. The van der Waals surface area contributed by atoms with E-state index in [1.165, 1.54) is 0 Å². The van der Waals surface area contributed by atoms with Gasteiger partial charge >= 0.3 is 0 Å². The highest BCUT2D eigenvalue weighted by Crippen LogP contribution is 2.13.